The zero-order valence-corrected chi connectivity index (χ0v) is 12.6. The van der Waals surface area contributed by atoms with Crippen LogP contribution in [0.4, 0.5) is 5.82 Å². The second-order valence-electron chi connectivity index (χ2n) is 5.31. The van der Waals surface area contributed by atoms with Crippen LogP contribution < -0.4 is 4.90 Å². The molecule has 0 aromatic carbocycles. The quantitative estimate of drug-likeness (QED) is 0.866. The minimum absolute atomic E-state index is 0.591. The highest BCUT2D eigenvalue weighted by Crippen LogP contribution is 2.21. The van der Waals surface area contributed by atoms with Crippen LogP contribution in [0.25, 0.3) is 0 Å². The summed E-state index contributed by atoms with van der Waals surface area (Å²) in [6, 6.07) is 6.73. The molecule has 0 radical (unpaired) electrons. The van der Waals surface area contributed by atoms with E-state index in [9.17, 15) is 0 Å². The summed E-state index contributed by atoms with van der Waals surface area (Å²) >= 11 is 1.73. The van der Waals surface area contributed by atoms with Gasteiger partial charge in [0.1, 0.15) is 5.82 Å². The van der Waals surface area contributed by atoms with E-state index < -0.39 is 0 Å². The molecular formula is C15H20N4S. The van der Waals surface area contributed by atoms with E-state index in [0.717, 1.165) is 25.5 Å². The van der Waals surface area contributed by atoms with Crippen molar-refractivity contribution in [1.82, 2.24) is 14.9 Å². The van der Waals surface area contributed by atoms with E-state index in [1.165, 1.54) is 17.7 Å². The fraction of sp³-hybridized carbons (Fsp3) is 0.467. The van der Waals surface area contributed by atoms with Gasteiger partial charge in [0.25, 0.3) is 0 Å². The minimum atomic E-state index is 0.591. The average molecular weight is 288 g/mol. The highest BCUT2D eigenvalue weighted by Gasteiger charge is 2.24. The predicted octanol–water partition coefficient (Wildman–Crippen LogP) is 2.64. The normalized spacial score (nSPS) is 19.5. The van der Waals surface area contributed by atoms with Gasteiger partial charge in [0.15, 0.2) is 0 Å². The standard InChI is InChI=1S/C15H20N4S/c1-18(11-14-9-16-12-20-14)13-5-4-8-19(10-13)15-6-2-3-7-17-15/h2-3,6-7,9,12-13H,4-5,8,10-11H2,1H3/t13-/m0/s1. The molecular weight excluding hydrogens is 268 g/mol. The van der Waals surface area contributed by atoms with Crippen molar-refractivity contribution in [3.05, 3.63) is 41.0 Å². The summed E-state index contributed by atoms with van der Waals surface area (Å²) in [5.41, 5.74) is 1.91. The van der Waals surface area contributed by atoms with Crippen molar-refractivity contribution in [3.8, 4) is 0 Å². The summed E-state index contributed by atoms with van der Waals surface area (Å²) in [6.07, 6.45) is 6.34. The minimum Gasteiger partial charge on any atom is -0.355 e. The van der Waals surface area contributed by atoms with Crippen LogP contribution in [0.15, 0.2) is 36.1 Å². The molecule has 4 nitrogen and oxygen atoms in total. The molecule has 5 heteroatoms. The lowest BCUT2D eigenvalue weighted by atomic mass is 10.0. The summed E-state index contributed by atoms with van der Waals surface area (Å²) in [4.78, 5) is 14.8. The summed E-state index contributed by atoms with van der Waals surface area (Å²) < 4.78 is 0. The van der Waals surface area contributed by atoms with Crippen LogP contribution in [0.1, 0.15) is 17.7 Å². The van der Waals surface area contributed by atoms with Crippen LogP contribution in [-0.4, -0.2) is 41.0 Å². The molecule has 1 aliphatic heterocycles. The molecule has 3 heterocycles. The van der Waals surface area contributed by atoms with E-state index in [2.05, 4.69) is 38.9 Å². The maximum absolute atomic E-state index is 4.47. The fourth-order valence-electron chi connectivity index (χ4n) is 2.76. The van der Waals surface area contributed by atoms with E-state index in [0.29, 0.717) is 6.04 Å². The third-order valence-corrected chi connectivity index (χ3v) is 4.65. The van der Waals surface area contributed by atoms with Gasteiger partial charge in [-0.2, -0.15) is 0 Å². The zero-order chi connectivity index (χ0) is 13.8. The van der Waals surface area contributed by atoms with Gasteiger partial charge < -0.3 is 4.90 Å². The van der Waals surface area contributed by atoms with Crippen LogP contribution in [-0.2, 0) is 6.54 Å². The van der Waals surface area contributed by atoms with Crippen molar-refractivity contribution >= 4 is 17.2 Å². The lowest BCUT2D eigenvalue weighted by Crippen LogP contribution is -2.46. The topological polar surface area (TPSA) is 32.3 Å². The summed E-state index contributed by atoms with van der Waals surface area (Å²) in [7, 11) is 2.21. The number of nitrogens with zero attached hydrogens (tertiary/aromatic N) is 4. The summed E-state index contributed by atoms with van der Waals surface area (Å²) in [5, 5.41) is 0. The van der Waals surface area contributed by atoms with Crippen molar-refractivity contribution in [2.75, 3.05) is 25.0 Å². The molecule has 1 atom stereocenters. The Labute approximate surface area is 124 Å². The van der Waals surface area contributed by atoms with E-state index in [1.54, 1.807) is 11.3 Å². The van der Waals surface area contributed by atoms with Gasteiger partial charge in [-0.05, 0) is 32.0 Å². The van der Waals surface area contributed by atoms with Crippen LogP contribution in [0.3, 0.4) is 0 Å². The first kappa shape index (κ1) is 13.5. The van der Waals surface area contributed by atoms with Gasteiger partial charge in [-0.25, -0.2) is 4.98 Å². The Kier molecular flexibility index (Phi) is 4.28. The molecule has 1 saturated heterocycles. The second-order valence-corrected chi connectivity index (χ2v) is 6.28. The Morgan fingerprint density at radius 1 is 1.45 bits per heavy atom. The second kappa shape index (κ2) is 6.33. The van der Waals surface area contributed by atoms with E-state index in [-0.39, 0.29) is 0 Å². The lowest BCUT2D eigenvalue weighted by molar-refractivity contribution is 0.209. The number of hydrogen-bond donors (Lipinski definition) is 0. The number of hydrogen-bond acceptors (Lipinski definition) is 5. The number of anilines is 1. The number of rotatable bonds is 4. The highest BCUT2D eigenvalue weighted by atomic mass is 32.1. The molecule has 1 fully saturated rings. The van der Waals surface area contributed by atoms with E-state index >= 15 is 0 Å². The SMILES string of the molecule is CN(Cc1cncs1)[C@H]1CCCN(c2ccccn2)C1. The maximum atomic E-state index is 4.47. The largest absolute Gasteiger partial charge is 0.355 e. The molecule has 0 bridgehead atoms. The molecule has 106 valence electrons. The smallest absolute Gasteiger partial charge is 0.128 e. The molecule has 0 spiro atoms. The van der Waals surface area contributed by atoms with Gasteiger partial charge in [0.05, 0.1) is 5.51 Å². The van der Waals surface area contributed by atoms with Gasteiger partial charge >= 0.3 is 0 Å². The van der Waals surface area contributed by atoms with Crippen LogP contribution in [0.2, 0.25) is 0 Å². The Morgan fingerprint density at radius 3 is 3.15 bits per heavy atom. The molecule has 2 aromatic heterocycles. The third kappa shape index (κ3) is 3.16. The molecule has 0 N–H and O–H groups in total. The molecule has 1 aliphatic rings. The zero-order valence-electron chi connectivity index (χ0n) is 11.8. The first-order valence-corrected chi connectivity index (χ1v) is 7.94. The van der Waals surface area contributed by atoms with E-state index in [1.807, 2.05) is 24.0 Å². The van der Waals surface area contributed by atoms with Gasteiger partial charge in [0.2, 0.25) is 0 Å². The Balaban J connectivity index is 1.63. The molecule has 3 rings (SSSR count). The number of piperidine rings is 1. The first-order valence-electron chi connectivity index (χ1n) is 7.06. The van der Waals surface area contributed by atoms with Crippen LogP contribution in [0.5, 0.6) is 0 Å². The van der Waals surface area contributed by atoms with Crippen molar-refractivity contribution < 1.29 is 0 Å². The average Bonchev–Trinajstić information content (AvgIpc) is 3.01. The molecule has 2 aromatic rings. The van der Waals surface area contributed by atoms with Crippen molar-refractivity contribution in [2.45, 2.75) is 25.4 Å². The van der Waals surface area contributed by atoms with Crippen LogP contribution in [0, 0.1) is 0 Å². The van der Waals surface area contributed by atoms with Crippen molar-refractivity contribution in [1.29, 1.82) is 0 Å². The molecule has 0 aliphatic carbocycles. The Morgan fingerprint density at radius 2 is 2.40 bits per heavy atom. The summed E-state index contributed by atoms with van der Waals surface area (Å²) in [6.45, 7) is 3.17. The highest BCUT2D eigenvalue weighted by molar-refractivity contribution is 7.09. The molecule has 20 heavy (non-hydrogen) atoms. The van der Waals surface area contributed by atoms with Gasteiger partial charge in [-0.15, -0.1) is 11.3 Å². The Bertz CT molecular complexity index is 514. The number of likely N-dealkylation sites (N-methyl/N-ethyl adjacent to an activating group) is 1. The van der Waals surface area contributed by atoms with Gasteiger partial charge in [-0.1, -0.05) is 6.07 Å². The lowest BCUT2D eigenvalue weighted by Gasteiger charge is -2.38. The molecule has 0 amide bonds. The fourth-order valence-corrected chi connectivity index (χ4v) is 3.42. The maximum Gasteiger partial charge on any atom is 0.128 e. The van der Waals surface area contributed by atoms with Crippen molar-refractivity contribution in [3.63, 3.8) is 0 Å². The van der Waals surface area contributed by atoms with Gasteiger partial charge in [0, 0.05) is 42.9 Å². The van der Waals surface area contributed by atoms with Gasteiger partial charge in [-0.3, -0.25) is 9.88 Å². The molecule has 0 saturated carbocycles. The Hall–Kier alpha value is -1.46. The summed E-state index contributed by atoms with van der Waals surface area (Å²) in [5.74, 6) is 1.10. The number of pyridine rings is 1. The number of thiazole rings is 1. The molecule has 0 unspecified atom stereocenters. The first-order chi connectivity index (χ1) is 9.83. The predicted molar refractivity (Wildman–Crippen MR) is 83.1 cm³/mol. The monoisotopic (exact) mass is 288 g/mol. The van der Waals surface area contributed by atoms with E-state index in [4.69, 9.17) is 0 Å². The third-order valence-electron chi connectivity index (χ3n) is 3.88. The number of aromatic nitrogens is 2. The van der Waals surface area contributed by atoms with Crippen LogP contribution >= 0.6 is 11.3 Å². The van der Waals surface area contributed by atoms with Crippen molar-refractivity contribution in [2.24, 2.45) is 0 Å².